The zero-order valence-corrected chi connectivity index (χ0v) is 12.1. The molecule has 15 heavy (non-hydrogen) atoms. The van der Waals surface area contributed by atoms with Gasteiger partial charge in [0.15, 0.2) is 9.84 Å². The topological polar surface area (TPSA) is 47.0 Å². The van der Waals surface area contributed by atoms with Crippen molar-refractivity contribution in [2.75, 3.05) is 6.26 Å². The summed E-state index contributed by atoms with van der Waals surface area (Å²) in [7, 11) is -3.64. The van der Waals surface area contributed by atoms with Crippen LogP contribution in [-0.2, 0) is 9.84 Å². The Morgan fingerprint density at radius 3 is 2.20 bits per heavy atom. The van der Waals surface area contributed by atoms with Crippen LogP contribution in [0.3, 0.4) is 0 Å². The van der Waals surface area contributed by atoms with Gasteiger partial charge < -0.3 is 12.9 Å². The smallest absolute Gasteiger partial charge is 0.445 e. The molecule has 1 heterocycles. The van der Waals surface area contributed by atoms with Gasteiger partial charge in [0.2, 0.25) is 0 Å². The van der Waals surface area contributed by atoms with E-state index in [-0.39, 0.29) is 51.4 Å². The van der Waals surface area contributed by atoms with Crippen molar-refractivity contribution in [1.29, 1.82) is 0 Å². The number of hydrogen-bond donors (Lipinski definition) is 0. The summed E-state index contributed by atoms with van der Waals surface area (Å²) in [6.07, 6.45) is 2.33. The molecule has 0 spiro atoms. The van der Waals surface area contributed by atoms with Crippen LogP contribution < -0.4 is 56.8 Å². The van der Waals surface area contributed by atoms with Gasteiger partial charge in [-0.1, -0.05) is 11.5 Å². The van der Waals surface area contributed by atoms with Crippen LogP contribution in [0.5, 0.6) is 0 Å². The van der Waals surface area contributed by atoms with E-state index in [9.17, 15) is 21.4 Å². The summed E-state index contributed by atoms with van der Waals surface area (Å²) in [5.74, 6) is 0. The Labute approximate surface area is 128 Å². The maximum Gasteiger partial charge on any atom is 1.00 e. The molecule has 0 bridgehead atoms. The summed E-state index contributed by atoms with van der Waals surface area (Å²) in [6, 6.07) is 0.586. The number of halogens is 3. The fourth-order valence-corrected chi connectivity index (χ4v) is 1.42. The summed E-state index contributed by atoms with van der Waals surface area (Å²) in [4.78, 5) is 2.81. The maximum atomic E-state index is 12.2. The van der Waals surface area contributed by atoms with Crippen LogP contribution in [0.4, 0.5) is 12.9 Å². The van der Waals surface area contributed by atoms with E-state index in [0.717, 1.165) is 12.5 Å². The van der Waals surface area contributed by atoms with E-state index in [1.165, 1.54) is 0 Å². The van der Waals surface area contributed by atoms with Gasteiger partial charge in [-0.3, -0.25) is 4.98 Å². The predicted molar refractivity (Wildman–Crippen MR) is 46.1 cm³/mol. The molecule has 1 rings (SSSR count). The standard InChI is InChI=1S/C6H6BF3NO2S.K/c1-14(12,13)6-2-5(3-11-4-6)7(8,9)10;/h2-4H,1H3;/q-1;+1. The monoisotopic (exact) mass is 263 g/mol. The van der Waals surface area contributed by atoms with Crippen LogP contribution in [0.1, 0.15) is 0 Å². The van der Waals surface area contributed by atoms with Crippen molar-refractivity contribution in [3.63, 3.8) is 0 Å². The van der Waals surface area contributed by atoms with Gasteiger partial charge in [0, 0.05) is 18.6 Å². The number of pyridine rings is 1. The predicted octanol–water partition coefficient (Wildman–Crippen LogP) is -2.46. The third kappa shape index (κ3) is 4.53. The molecule has 3 nitrogen and oxygen atoms in total. The van der Waals surface area contributed by atoms with Crippen LogP contribution in [0, 0.1) is 0 Å². The van der Waals surface area contributed by atoms with E-state index in [1.807, 2.05) is 0 Å². The minimum Gasteiger partial charge on any atom is -0.445 e. The summed E-state index contributed by atoms with van der Waals surface area (Å²) in [5, 5.41) is 0. The SMILES string of the molecule is CS(=O)(=O)c1cncc([B-](F)(F)F)c1.[K+]. The van der Waals surface area contributed by atoms with Crippen molar-refractivity contribution in [2.45, 2.75) is 4.90 Å². The maximum absolute atomic E-state index is 12.2. The molecule has 1 aromatic heterocycles. The number of rotatable bonds is 2. The average molecular weight is 263 g/mol. The summed E-state index contributed by atoms with van der Waals surface area (Å²) in [5.41, 5.74) is -1.01. The summed E-state index contributed by atoms with van der Waals surface area (Å²) < 4.78 is 58.4. The van der Waals surface area contributed by atoms with E-state index >= 15 is 0 Å². The molecule has 0 saturated carbocycles. The molecule has 0 saturated heterocycles. The largest absolute Gasteiger partial charge is 1.00 e. The molecule has 0 aliphatic heterocycles. The molecule has 78 valence electrons. The Kier molecular flexibility index (Phi) is 5.49. The second-order valence-corrected chi connectivity index (χ2v) is 4.82. The van der Waals surface area contributed by atoms with Crippen molar-refractivity contribution in [2.24, 2.45) is 0 Å². The van der Waals surface area contributed by atoms with E-state index in [0.29, 0.717) is 12.3 Å². The molecule has 0 amide bonds. The van der Waals surface area contributed by atoms with Crippen molar-refractivity contribution < 1.29 is 72.7 Å². The second kappa shape index (κ2) is 5.28. The third-order valence-electron chi connectivity index (χ3n) is 1.54. The van der Waals surface area contributed by atoms with Gasteiger partial charge in [-0.2, -0.15) is 0 Å². The zero-order chi connectivity index (χ0) is 11.0. The Bertz CT molecular complexity index is 448. The van der Waals surface area contributed by atoms with Crippen molar-refractivity contribution >= 4 is 22.3 Å². The first-order valence-corrected chi connectivity index (χ1v) is 5.45. The zero-order valence-electron chi connectivity index (χ0n) is 8.12. The van der Waals surface area contributed by atoms with Gasteiger partial charge in [0.25, 0.3) is 0 Å². The minimum atomic E-state index is -5.20. The van der Waals surface area contributed by atoms with Crippen LogP contribution in [-0.4, -0.2) is 26.6 Å². The van der Waals surface area contributed by atoms with Crippen LogP contribution in [0.25, 0.3) is 0 Å². The van der Waals surface area contributed by atoms with Crippen LogP contribution in [0.2, 0.25) is 0 Å². The number of aromatic nitrogens is 1. The van der Waals surface area contributed by atoms with Gasteiger partial charge >= 0.3 is 58.4 Å². The first-order valence-electron chi connectivity index (χ1n) is 3.56. The number of hydrogen-bond acceptors (Lipinski definition) is 3. The van der Waals surface area contributed by atoms with E-state index in [2.05, 4.69) is 4.98 Å². The van der Waals surface area contributed by atoms with E-state index < -0.39 is 27.2 Å². The fraction of sp³-hybridized carbons (Fsp3) is 0.167. The number of nitrogens with zero attached hydrogens (tertiary/aromatic N) is 1. The first-order chi connectivity index (χ1) is 6.21. The molecule has 1 aromatic rings. The molecule has 0 aromatic carbocycles. The normalized spacial score (nSPS) is 12.0. The first kappa shape index (κ1) is 15.6. The van der Waals surface area contributed by atoms with Gasteiger partial charge in [-0.05, 0) is 0 Å². The van der Waals surface area contributed by atoms with Crippen LogP contribution >= 0.6 is 0 Å². The molecule has 0 unspecified atom stereocenters. The summed E-state index contributed by atoms with van der Waals surface area (Å²) >= 11 is 0. The molecule has 0 aliphatic rings. The summed E-state index contributed by atoms with van der Waals surface area (Å²) in [6.45, 7) is -5.20. The van der Waals surface area contributed by atoms with Crippen LogP contribution in [0.15, 0.2) is 23.4 Å². The molecule has 9 heteroatoms. The fourth-order valence-electron chi connectivity index (χ4n) is 0.817. The molecule has 0 aliphatic carbocycles. The average Bonchev–Trinajstić information content (AvgIpc) is 2.01. The van der Waals surface area contributed by atoms with Gasteiger partial charge in [0.05, 0.1) is 4.90 Å². The number of sulfone groups is 1. The molecule has 0 fully saturated rings. The Morgan fingerprint density at radius 1 is 1.27 bits per heavy atom. The van der Waals surface area contributed by atoms with Crippen molar-refractivity contribution in [3.8, 4) is 0 Å². The third-order valence-corrected chi connectivity index (χ3v) is 2.62. The molecule has 0 radical (unpaired) electrons. The van der Waals surface area contributed by atoms with Crippen molar-refractivity contribution in [3.05, 3.63) is 18.5 Å². The quantitative estimate of drug-likeness (QED) is 0.556. The Balaban J connectivity index is 0.00000196. The van der Waals surface area contributed by atoms with Gasteiger partial charge in [-0.25, -0.2) is 8.42 Å². The molecule has 0 N–H and O–H groups in total. The molecular weight excluding hydrogens is 257 g/mol. The van der Waals surface area contributed by atoms with Crippen molar-refractivity contribution in [1.82, 2.24) is 4.98 Å². The minimum absolute atomic E-state index is 0. The second-order valence-electron chi connectivity index (χ2n) is 2.80. The Hall–Kier alpha value is 0.591. The molecule has 0 atom stereocenters. The van der Waals surface area contributed by atoms with Gasteiger partial charge in [0.1, 0.15) is 0 Å². The molecular formula is C6H6BF3KNO2S. The Morgan fingerprint density at radius 2 is 1.80 bits per heavy atom. The van der Waals surface area contributed by atoms with E-state index in [1.54, 1.807) is 0 Å². The van der Waals surface area contributed by atoms with Gasteiger partial charge in [-0.15, -0.1) is 0 Å². The van der Waals surface area contributed by atoms with E-state index in [4.69, 9.17) is 0 Å².